The van der Waals surface area contributed by atoms with Crippen LogP contribution in [0.1, 0.15) is 97.0 Å². The monoisotopic (exact) mass is 392 g/mol. The van der Waals surface area contributed by atoms with E-state index in [1.165, 1.54) is 38.5 Å². The summed E-state index contributed by atoms with van der Waals surface area (Å²) in [6.45, 7) is 8.14. The summed E-state index contributed by atoms with van der Waals surface area (Å²) in [5.41, 5.74) is 1.12. The van der Waals surface area contributed by atoms with Gasteiger partial charge in [0.15, 0.2) is 5.79 Å². The van der Waals surface area contributed by atoms with E-state index in [4.69, 9.17) is 9.47 Å². The van der Waals surface area contributed by atoms with Crippen molar-refractivity contribution in [3.63, 3.8) is 0 Å². The molecule has 0 aromatic heterocycles. The molecule has 3 nitrogen and oxygen atoms in total. The summed E-state index contributed by atoms with van der Waals surface area (Å²) in [5.74, 6) is -0.447. The molecule has 3 heteroatoms. The molecule has 0 aliphatic carbocycles. The molecular formula is C25H44O3. The Bertz CT molecular complexity index is 452. The van der Waals surface area contributed by atoms with Gasteiger partial charge >= 0.3 is 0 Å². The summed E-state index contributed by atoms with van der Waals surface area (Å²) < 4.78 is 13.0. The quantitative estimate of drug-likeness (QED) is 0.220. The first-order valence-corrected chi connectivity index (χ1v) is 11.7. The lowest BCUT2D eigenvalue weighted by Crippen LogP contribution is -2.42. The Kier molecular flexibility index (Phi) is 14.3. The largest absolute Gasteiger partial charge is 0.396 e. The van der Waals surface area contributed by atoms with Crippen LogP contribution in [-0.4, -0.2) is 24.9 Å². The van der Waals surface area contributed by atoms with Crippen LogP contribution < -0.4 is 0 Å². The van der Waals surface area contributed by atoms with Crippen molar-refractivity contribution in [3.05, 3.63) is 35.9 Å². The van der Waals surface area contributed by atoms with Crippen molar-refractivity contribution in [2.45, 2.75) is 97.2 Å². The topological polar surface area (TPSA) is 38.7 Å². The van der Waals surface area contributed by atoms with Gasteiger partial charge in [0, 0.05) is 18.1 Å². The lowest BCUT2D eigenvalue weighted by atomic mass is 9.83. The van der Waals surface area contributed by atoms with Crippen molar-refractivity contribution >= 4 is 0 Å². The highest BCUT2D eigenvalue weighted by atomic mass is 16.7. The van der Waals surface area contributed by atoms with Crippen LogP contribution in [0.4, 0.5) is 0 Å². The van der Waals surface area contributed by atoms with E-state index in [2.05, 4.69) is 45.0 Å². The van der Waals surface area contributed by atoms with Crippen molar-refractivity contribution in [1.82, 2.24) is 0 Å². The third-order valence-corrected chi connectivity index (χ3v) is 5.37. The van der Waals surface area contributed by atoms with Crippen LogP contribution >= 0.6 is 0 Å². The maximum atomic E-state index is 9.49. The highest BCUT2D eigenvalue weighted by Gasteiger charge is 2.42. The predicted molar refractivity (Wildman–Crippen MR) is 118 cm³/mol. The molecule has 0 fully saturated rings. The zero-order valence-corrected chi connectivity index (χ0v) is 18.6. The number of hydrogen-bond acceptors (Lipinski definition) is 3. The Balaban J connectivity index is 3.01. The van der Waals surface area contributed by atoms with Crippen LogP contribution in [0.25, 0.3) is 0 Å². The number of hydrogen-bond donors (Lipinski definition) is 1. The molecule has 162 valence electrons. The standard InChI is InChI=1S/C25H44O3/c1-4-7-8-9-10-12-16-24(19-15-20-26)25(27-21-5-2,28-22-6-3)23-17-13-11-14-18-23/h11,13-14,17-18,24,26H,4-10,12,15-16,19-22H2,1-3H3. The fourth-order valence-electron chi connectivity index (χ4n) is 3.89. The van der Waals surface area contributed by atoms with Crippen LogP contribution in [0.5, 0.6) is 0 Å². The summed E-state index contributed by atoms with van der Waals surface area (Å²) in [6, 6.07) is 10.5. The van der Waals surface area contributed by atoms with Crippen LogP contribution in [0.15, 0.2) is 30.3 Å². The minimum atomic E-state index is -0.703. The average Bonchev–Trinajstić information content (AvgIpc) is 2.74. The van der Waals surface area contributed by atoms with E-state index in [0.717, 1.165) is 37.7 Å². The summed E-state index contributed by atoms with van der Waals surface area (Å²) in [5, 5.41) is 9.49. The number of rotatable bonds is 18. The molecule has 1 N–H and O–H groups in total. The maximum Gasteiger partial charge on any atom is 0.197 e. The Morgan fingerprint density at radius 1 is 0.750 bits per heavy atom. The zero-order valence-electron chi connectivity index (χ0n) is 18.6. The van der Waals surface area contributed by atoms with Crippen LogP contribution in [0.2, 0.25) is 0 Å². The number of benzene rings is 1. The van der Waals surface area contributed by atoms with Gasteiger partial charge in [-0.3, -0.25) is 0 Å². The Labute approximate surface area is 173 Å². The Hall–Kier alpha value is -0.900. The molecule has 0 radical (unpaired) electrons. The molecular weight excluding hydrogens is 348 g/mol. The lowest BCUT2D eigenvalue weighted by molar-refractivity contribution is -0.281. The van der Waals surface area contributed by atoms with Gasteiger partial charge in [-0.1, -0.05) is 89.6 Å². The molecule has 1 atom stereocenters. The van der Waals surface area contributed by atoms with Crippen LogP contribution in [0.3, 0.4) is 0 Å². The van der Waals surface area contributed by atoms with Crippen LogP contribution in [-0.2, 0) is 15.3 Å². The van der Waals surface area contributed by atoms with Gasteiger partial charge in [-0.05, 0) is 32.1 Å². The molecule has 28 heavy (non-hydrogen) atoms. The second kappa shape index (κ2) is 16.0. The first-order chi connectivity index (χ1) is 13.7. The minimum absolute atomic E-state index is 0.222. The number of unbranched alkanes of at least 4 members (excludes halogenated alkanes) is 5. The van der Waals surface area contributed by atoms with E-state index in [1.807, 2.05) is 6.07 Å². The predicted octanol–water partition coefficient (Wildman–Crippen LogP) is 6.83. The van der Waals surface area contributed by atoms with Crippen molar-refractivity contribution in [2.24, 2.45) is 5.92 Å². The molecule has 0 heterocycles. The van der Waals surface area contributed by atoms with Crippen LogP contribution in [0, 0.1) is 5.92 Å². The van der Waals surface area contributed by atoms with Gasteiger partial charge in [-0.15, -0.1) is 0 Å². The molecule has 1 rings (SSSR count). The molecule has 1 aromatic rings. The fraction of sp³-hybridized carbons (Fsp3) is 0.760. The van der Waals surface area contributed by atoms with E-state index in [1.54, 1.807) is 0 Å². The van der Waals surface area contributed by atoms with E-state index < -0.39 is 5.79 Å². The molecule has 0 amide bonds. The molecule has 0 aliphatic rings. The number of ether oxygens (including phenoxy) is 2. The van der Waals surface area contributed by atoms with Gasteiger partial charge in [0.2, 0.25) is 0 Å². The normalized spacial score (nSPS) is 13.0. The Morgan fingerprint density at radius 3 is 1.89 bits per heavy atom. The molecule has 1 unspecified atom stereocenters. The minimum Gasteiger partial charge on any atom is -0.396 e. The molecule has 0 saturated carbocycles. The molecule has 1 aromatic carbocycles. The summed E-state index contributed by atoms with van der Waals surface area (Å²) >= 11 is 0. The van der Waals surface area contributed by atoms with E-state index in [0.29, 0.717) is 13.2 Å². The lowest BCUT2D eigenvalue weighted by Gasteiger charge is -2.41. The highest BCUT2D eigenvalue weighted by molar-refractivity contribution is 5.21. The molecule has 0 saturated heterocycles. The Morgan fingerprint density at radius 2 is 1.32 bits per heavy atom. The zero-order chi connectivity index (χ0) is 20.5. The van der Waals surface area contributed by atoms with Gasteiger partial charge in [0.1, 0.15) is 0 Å². The first-order valence-electron chi connectivity index (χ1n) is 11.7. The fourth-order valence-corrected chi connectivity index (χ4v) is 3.89. The van der Waals surface area contributed by atoms with Gasteiger partial charge in [0.25, 0.3) is 0 Å². The summed E-state index contributed by atoms with van der Waals surface area (Å²) in [7, 11) is 0. The van der Waals surface area contributed by atoms with Gasteiger partial charge in [-0.2, -0.15) is 0 Å². The van der Waals surface area contributed by atoms with Gasteiger partial charge < -0.3 is 14.6 Å². The van der Waals surface area contributed by atoms with Gasteiger partial charge in [-0.25, -0.2) is 0 Å². The molecule has 0 spiro atoms. The summed E-state index contributed by atoms with van der Waals surface area (Å²) in [6.07, 6.45) is 12.4. The van der Waals surface area contributed by atoms with Crippen molar-refractivity contribution in [3.8, 4) is 0 Å². The summed E-state index contributed by atoms with van der Waals surface area (Å²) in [4.78, 5) is 0. The average molecular weight is 393 g/mol. The van der Waals surface area contributed by atoms with Crippen molar-refractivity contribution in [1.29, 1.82) is 0 Å². The third kappa shape index (κ3) is 8.63. The first kappa shape index (κ1) is 25.1. The number of aliphatic hydroxyl groups is 1. The SMILES string of the molecule is CCCCCCCCC(CCCO)C(OCCC)(OCCC)c1ccccc1. The van der Waals surface area contributed by atoms with Crippen molar-refractivity contribution in [2.75, 3.05) is 19.8 Å². The van der Waals surface area contributed by atoms with E-state index in [-0.39, 0.29) is 12.5 Å². The van der Waals surface area contributed by atoms with E-state index >= 15 is 0 Å². The molecule has 0 bridgehead atoms. The second-order valence-corrected chi connectivity index (χ2v) is 7.85. The van der Waals surface area contributed by atoms with Gasteiger partial charge in [0.05, 0.1) is 13.2 Å². The highest BCUT2D eigenvalue weighted by Crippen LogP contribution is 2.41. The van der Waals surface area contributed by atoms with E-state index in [9.17, 15) is 5.11 Å². The smallest absolute Gasteiger partial charge is 0.197 e. The third-order valence-electron chi connectivity index (χ3n) is 5.37. The van der Waals surface area contributed by atoms with Crippen molar-refractivity contribution < 1.29 is 14.6 Å². The molecule has 0 aliphatic heterocycles. The second-order valence-electron chi connectivity index (χ2n) is 7.85. The maximum absolute atomic E-state index is 9.49. The number of aliphatic hydroxyl groups excluding tert-OH is 1.